The third-order valence-electron chi connectivity index (χ3n) is 15.2. The van der Waals surface area contributed by atoms with E-state index >= 15 is 0 Å². The summed E-state index contributed by atoms with van der Waals surface area (Å²) in [6.45, 7) is 0. The first-order chi connectivity index (χ1) is 37.7. The standard InChI is InChI=1S/C69H41N5O2/c1-4-16-42(17-5-1)67-70-68(43-18-6-2-7-19-43)72-69(71-67)53-26-14-24-51-52-25-15-29-62(66(52)76-65(51)53)74-59-28-13-11-23-50(59)55-39-45(31-35-61(55)74)47-33-37-64-57(41-47)56-40-46(32-36-63(56)75-64)44-30-34-60-54(38-44)49-22-10-12-27-58(49)73(60)48-20-8-3-9-21-48/h1-41H. The molecule has 0 bridgehead atoms. The lowest BCUT2D eigenvalue weighted by Crippen LogP contribution is -2.00. The van der Waals surface area contributed by atoms with E-state index in [0.29, 0.717) is 17.5 Å². The molecular weight excluding hydrogens is 931 g/mol. The summed E-state index contributed by atoms with van der Waals surface area (Å²) in [6, 6.07) is 87.5. The number of para-hydroxylation sites is 5. The molecule has 0 spiro atoms. The number of rotatable bonds is 7. The Morgan fingerprint density at radius 2 is 0.697 bits per heavy atom. The molecule has 0 radical (unpaired) electrons. The third-order valence-corrected chi connectivity index (χ3v) is 15.2. The largest absolute Gasteiger partial charge is 0.456 e. The molecule has 0 unspecified atom stereocenters. The average molecular weight is 972 g/mol. The van der Waals surface area contributed by atoms with Crippen LogP contribution in [0.1, 0.15) is 0 Å². The summed E-state index contributed by atoms with van der Waals surface area (Å²) < 4.78 is 18.3. The Labute approximate surface area is 434 Å². The second-order valence-electron chi connectivity index (χ2n) is 19.5. The third kappa shape index (κ3) is 6.52. The summed E-state index contributed by atoms with van der Waals surface area (Å²) in [6.07, 6.45) is 0. The van der Waals surface area contributed by atoms with Crippen molar-refractivity contribution in [1.82, 2.24) is 24.1 Å². The van der Waals surface area contributed by atoms with Crippen LogP contribution in [0.2, 0.25) is 0 Å². The maximum Gasteiger partial charge on any atom is 0.167 e. The number of nitrogens with zero attached hydrogens (tertiary/aromatic N) is 5. The highest BCUT2D eigenvalue weighted by atomic mass is 16.3. The molecule has 0 aliphatic rings. The van der Waals surface area contributed by atoms with Crippen LogP contribution >= 0.6 is 0 Å². The van der Waals surface area contributed by atoms with Gasteiger partial charge in [-0.2, -0.15) is 0 Å². The average Bonchev–Trinajstić information content (AvgIpc) is 4.29. The van der Waals surface area contributed by atoms with Crippen LogP contribution in [-0.2, 0) is 0 Å². The van der Waals surface area contributed by atoms with Crippen LogP contribution in [0.4, 0.5) is 0 Å². The summed E-state index contributed by atoms with van der Waals surface area (Å²) in [7, 11) is 0. The molecule has 0 amide bonds. The van der Waals surface area contributed by atoms with Crippen molar-refractivity contribution in [2.24, 2.45) is 0 Å². The Kier molecular flexibility index (Phi) is 9.20. The van der Waals surface area contributed by atoms with Gasteiger partial charge in [0.1, 0.15) is 16.7 Å². The molecule has 0 saturated heterocycles. The maximum absolute atomic E-state index is 7.10. The van der Waals surface area contributed by atoms with Crippen molar-refractivity contribution in [3.05, 3.63) is 249 Å². The Morgan fingerprint density at radius 1 is 0.263 bits per heavy atom. The zero-order valence-corrected chi connectivity index (χ0v) is 40.7. The minimum atomic E-state index is 0.548. The number of aromatic nitrogens is 5. The van der Waals surface area contributed by atoms with Crippen LogP contribution in [0.25, 0.3) is 155 Å². The fourth-order valence-corrected chi connectivity index (χ4v) is 11.6. The quantitative estimate of drug-likeness (QED) is 0.159. The number of furan rings is 2. The summed E-state index contributed by atoms with van der Waals surface area (Å²) in [5, 5.41) is 8.94. The van der Waals surface area contributed by atoms with Crippen molar-refractivity contribution in [1.29, 1.82) is 0 Å². The molecule has 5 heterocycles. The van der Waals surface area contributed by atoms with Crippen LogP contribution in [0, 0.1) is 0 Å². The fraction of sp³-hybridized carbons (Fsp3) is 0. The van der Waals surface area contributed by atoms with Gasteiger partial charge in [-0.05, 0) is 107 Å². The first-order valence-electron chi connectivity index (χ1n) is 25.6. The molecule has 76 heavy (non-hydrogen) atoms. The predicted molar refractivity (Wildman–Crippen MR) is 310 cm³/mol. The Balaban J connectivity index is 0.805. The fourth-order valence-electron chi connectivity index (χ4n) is 11.6. The smallest absolute Gasteiger partial charge is 0.167 e. The van der Waals surface area contributed by atoms with Gasteiger partial charge in [0.05, 0.1) is 33.3 Å². The van der Waals surface area contributed by atoms with Crippen molar-refractivity contribution >= 4 is 87.5 Å². The van der Waals surface area contributed by atoms with Crippen LogP contribution in [-0.4, -0.2) is 24.1 Å². The van der Waals surface area contributed by atoms with Gasteiger partial charge in [-0.3, -0.25) is 0 Å². The number of fused-ring (bicyclic) bond motifs is 12. The van der Waals surface area contributed by atoms with E-state index in [1.807, 2.05) is 66.7 Å². The lowest BCUT2D eigenvalue weighted by Gasteiger charge is -2.09. The molecule has 0 aliphatic heterocycles. The SMILES string of the molecule is c1ccc(-c2nc(-c3ccccc3)nc(-c3cccc4c3oc3c(-n5c6ccccc6c6cc(-c7ccc8oc9ccc(-c%10ccc%11c(c%10)c%10ccccc%10n%11-c%10ccccc%10)cc9c8c7)ccc65)cccc34)n2)cc1. The molecule has 0 aliphatic carbocycles. The molecule has 16 rings (SSSR count). The van der Waals surface area contributed by atoms with Crippen molar-refractivity contribution < 1.29 is 8.83 Å². The van der Waals surface area contributed by atoms with Crippen LogP contribution in [0.5, 0.6) is 0 Å². The monoisotopic (exact) mass is 971 g/mol. The van der Waals surface area contributed by atoms with Gasteiger partial charge >= 0.3 is 0 Å². The molecule has 5 aromatic heterocycles. The first-order valence-corrected chi connectivity index (χ1v) is 25.6. The summed E-state index contributed by atoms with van der Waals surface area (Å²) >= 11 is 0. The highest BCUT2D eigenvalue weighted by Crippen LogP contribution is 2.43. The summed E-state index contributed by atoms with van der Waals surface area (Å²) in [5.41, 5.74) is 17.1. The van der Waals surface area contributed by atoms with E-state index in [4.69, 9.17) is 23.8 Å². The van der Waals surface area contributed by atoms with Crippen molar-refractivity contribution in [3.8, 4) is 67.8 Å². The zero-order valence-electron chi connectivity index (χ0n) is 40.7. The number of hydrogen-bond acceptors (Lipinski definition) is 5. The van der Waals surface area contributed by atoms with Crippen LogP contribution in [0.15, 0.2) is 258 Å². The molecule has 0 atom stereocenters. The van der Waals surface area contributed by atoms with Gasteiger partial charge in [0, 0.05) is 59.9 Å². The maximum atomic E-state index is 7.10. The van der Waals surface area contributed by atoms with Crippen molar-refractivity contribution in [3.63, 3.8) is 0 Å². The lowest BCUT2D eigenvalue weighted by atomic mass is 9.98. The van der Waals surface area contributed by atoms with E-state index in [2.05, 4.69) is 191 Å². The van der Waals surface area contributed by atoms with E-state index in [1.54, 1.807) is 0 Å². The molecule has 11 aromatic carbocycles. The van der Waals surface area contributed by atoms with Gasteiger partial charge in [0.25, 0.3) is 0 Å². The summed E-state index contributed by atoms with van der Waals surface area (Å²) in [4.78, 5) is 15.1. The normalized spacial score (nSPS) is 11.9. The predicted octanol–water partition coefficient (Wildman–Crippen LogP) is 18.2. The lowest BCUT2D eigenvalue weighted by molar-refractivity contribution is 0.667. The second-order valence-corrected chi connectivity index (χ2v) is 19.5. The molecular formula is C69H41N5O2. The van der Waals surface area contributed by atoms with E-state index in [9.17, 15) is 0 Å². The van der Waals surface area contributed by atoms with Crippen LogP contribution < -0.4 is 0 Å². The minimum absolute atomic E-state index is 0.548. The van der Waals surface area contributed by atoms with E-state index in [-0.39, 0.29) is 0 Å². The Hall–Kier alpha value is -10.4. The van der Waals surface area contributed by atoms with Crippen molar-refractivity contribution in [2.45, 2.75) is 0 Å². The molecule has 7 heteroatoms. The van der Waals surface area contributed by atoms with E-state index in [0.717, 1.165) is 116 Å². The highest BCUT2D eigenvalue weighted by molar-refractivity contribution is 6.16. The molecule has 0 fully saturated rings. The Bertz CT molecular complexity index is 4930. The van der Waals surface area contributed by atoms with Gasteiger partial charge in [-0.15, -0.1) is 0 Å². The number of hydrogen-bond donors (Lipinski definition) is 0. The van der Waals surface area contributed by atoms with Gasteiger partial charge in [0.15, 0.2) is 23.1 Å². The van der Waals surface area contributed by atoms with E-state index < -0.39 is 0 Å². The molecule has 16 aromatic rings. The van der Waals surface area contributed by atoms with Crippen LogP contribution in [0.3, 0.4) is 0 Å². The Morgan fingerprint density at radius 3 is 1.29 bits per heavy atom. The first kappa shape index (κ1) is 42.2. The van der Waals surface area contributed by atoms with Gasteiger partial charge in [0.2, 0.25) is 0 Å². The van der Waals surface area contributed by atoms with Gasteiger partial charge in [-0.1, -0.05) is 164 Å². The topological polar surface area (TPSA) is 74.8 Å². The number of benzene rings is 11. The molecule has 0 N–H and O–H groups in total. The summed E-state index contributed by atoms with van der Waals surface area (Å²) in [5.74, 6) is 1.75. The van der Waals surface area contributed by atoms with Gasteiger partial charge in [-0.25, -0.2) is 15.0 Å². The molecule has 7 nitrogen and oxygen atoms in total. The van der Waals surface area contributed by atoms with E-state index in [1.165, 1.54) is 21.8 Å². The van der Waals surface area contributed by atoms with Gasteiger partial charge < -0.3 is 18.0 Å². The second kappa shape index (κ2) is 16.6. The minimum Gasteiger partial charge on any atom is -0.456 e. The molecule has 0 saturated carbocycles. The highest BCUT2D eigenvalue weighted by Gasteiger charge is 2.22. The molecule has 354 valence electrons. The zero-order chi connectivity index (χ0) is 49.8. The van der Waals surface area contributed by atoms with Crippen molar-refractivity contribution in [2.75, 3.05) is 0 Å².